The predicted molar refractivity (Wildman–Crippen MR) is 70.0 cm³/mol. The number of aryl methyl sites for hydroxylation is 1. The van der Waals surface area contributed by atoms with Gasteiger partial charge in [0.05, 0.1) is 0 Å². The van der Waals surface area contributed by atoms with E-state index in [2.05, 4.69) is 30.4 Å². The molecular formula is C14H16N2. The number of para-hydroxylation sites is 1. The summed E-state index contributed by atoms with van der Waals surface area (Å²) in [5.74, 6) is 0. The Bertz CT molecular complexity index is 478. The lowest BCUT2D eigenvalue weighted by Crippen LogP contribution is -1.95. The lowest BCUT2D eigenvalue weighted by atomic mass is 10.1. The summed E-state index contributed by atoms with van der Waals surface area (Å²) < 4.78 is 0. The van der Waals surface area contributed by atoms with E-state index in [1.54, 1.807) is 0 Å². The van der Waals surface area contributed by atoms with Crippen molar-refractivity contribution in [3.63, 3.8) is 0 Å². The average Bonchev–Trinajstić information content (AvgIpc) is 2.30. The van der Waals surface area contributed by atoms with Gasteiger partial charge in [-0.2, -0.15) is 0 Å². The maximum atomic E-state index is 5.74. The van der Waals surface area contributed by atoms with Gasteiger partial charge in [0.2, 0.25) is 0 Å². The topological polar surface area (TPSA) is 38.0 Å². The third kappa shape index (κ3) is 2.34. The number of hydrogen-bond donors (Lipinski definition) is 2. The van der Waals surface area contributed by atoms with Crippen LogP contribution < -0.4 is 11.1 Å². The molecule has 0 fully saturated rings. The Kier molecular flexibility index (Phi) is 3.10. The highest BCUT2D eigenvalue weighted by Crippen LogP contribution is 2.22. The van der Waals surface area contributed by atoms with Crippen LogP contribution in [0.3, 0.4) is 0 Å². The molecule has 0 aromatic heterocycles. The van der Waals surface area contributed by atoms with Crippen molar-refractivity contribution in [1.82, 2.24) is 0 Å². The van der Waals surface area contributed by atoms with Crippen LogP contribution in [0.15, 0.2) is 48.5 Å². The molecule has 2 rings (SSSR count). The number of nitrogens with one attached hydrogen (secondary N) is 1. The molecular weight excluding hydrogens is 196 g/mol. The van der Waals surface area contributed by atoms with Crippen molar-refractivity contribution in [1.29, 1.82) is 0 Å². The highest BCUT2D eigenvalue weighted by molar-refractivity contribution is 5.66. The van der Waals surface area contributed by atoms with Gasteiger partial charge >= 0.3 is 0 Å². The Morgan fingerprint density at radius 1 is 1.06 bits per heavy atom. The Morgan fingerprint density at radius 2 is 1.88 bits per heavy atom. The van der Waals surface area contributed by atoms with E-state index in [0.717, 1.165) is 23.5 Å². The van der Waals surface area contributed by atoms with Crippen molar-refractivity contribution in [2.75, 3.05) is 11.1 Å². The molecule has 82 valence electrons. The van der Waals surface area contributed by atoms with Gasteiger partial charge in [0.25, 0.3) is 0 Å². The Labute approximate surface area is 96.1 Å². The van der Waals surface area contributed by atoms with E-state index < -0.39 is 0 Å². The molecule has 0 spiro atoms. The van der Waals surface area contributed by atoms with Gasteiger partial charge in [0, 0.05) is 17.1 Å². The Balaban J connectivity index is 2.26. The van der Waals surface area contributed by atoms with Crippen LogP contribution in [0.4, 0.5) is 17.1 Å². The number of benzene rings is 2. The largest absolute Gasteiger partial charge is 0.399 e. The molecule has 3 N–H and O–H groups in total. The fraction of sp³-hybridized carbons (Fsp3) is 0.143. The van der Waals surface area contributed by atoms with Crippen LogP contribution in [0.1, 0.15) is 12.5 Å². The maximum absolute atomic E-state index is 5.74. The second-order valence-electron chi connectivity index (χ2n) is 3.76. The summed E-state index contributed by atoms with van der Waals surface area (Å²) in [6.07, 6.45) is 1.02. The van der Waals surface area contributed by atoms with Crippen LogP contribution >= 0.6 is 0 Å². The van der Waals surface area contributed by atoms with Gasteiger partial charge in [-0.05, 0) is 36.2 Å². The van der Waals surface area contributed by atoms with Crippen molar-refractivity contribution in [3.8, 4) is 0 Å². The summed E-state index contributed by atoms with van der Waals surface area (Å²) in [5, 5.41) is 3.38. The third-order valence-corrected chi connectivity index (χ3v) is 2.56. The molecule has 0 unspecified atom stereocenters. The number of rotatable bonds is 3. The Hall–Kier alpha value is -1.96. The van der Waals surface area contributed by atoms with Crippen molar-refractivity contribution in [3.05, 3.63) is 54.1 Å². The zero-order valence-electron chi connectivity index (χ0n) is 9.40. The quantitative estimate of drug-likeness (QED) is 0.763. The highest BCUT2D eigenvalue weighted by Gasteiger charge is 1.99. The van der Waals surface area contributed by atoms with E-state index in [0.29, 0.717) is 0 Å². The third-order valence-electron chi connectivity index (χ3n) is 2.56. The first kappa shape index (κ1) is 10.6. The summed E-state index contributed by atoms with van der Waals surface area (Å²) >= 11 is 0. The molecule has 0 saturated heterocycles. The van der Waals surface area contributed by atoms with Crippen molar-refractivity contribution >= 4 is 17.1 Å². The normalized spacial score (nSPS) is 10.1. The van der Waals surface area contributed by atoms with E-state index in [9.17, 15) is 0 Å². The molecule has 0 radical (unpaired) electrons. The minimum atomic E-state index is 0.777. The second kappa shape index (κ2) is 4.71. The van der Waals surface area contributed by atoms with E-state index in [1.807, 2.05) is 30.3 Å². The molecule has 0 heterocycles. The minimum Gasteiger partial charge on any atom is -0.399 e. The maximum Gasteiger partial charge on any atom is 0.0416 e. The number of nitrogens with two attached hydrogens (primary N) is 1. The summed E-state index contributed by atoms with van der Waals surface area (Å²) in [7, 11) is 0. The van der Waals surface area contributed by atoms with E-state index in [-0.39, 0.29) is 0 Å². The van der Waals surface area contributed by atoms with E-state index in [1.165, 1.54) is 5.56 Å². The van der Waals surface area contributed by atoms with E-state index in [4.69, 9.17) is 5.73 Å². The van der Waals surface area contributed by atoms with Crippen LogP contribution in [-0.4, -0.2) is 0 Å². The molecule has 0 atom stereocenters. The molecule has 2 aromatic rings. The smallest absolute Gasteiger partial charge is 0.0416 e. The van der Waals surface area contributed by atoms with E-state index >= 15 is 0 Å². The number of anilines is 3. The summed E-state index contributed by atoms with van der Waals surface area (Å²) in [6.45, 7) is 2.15. The Morgan fingerprint density at radius 3 is 2.62 bits per heavy atom. The SMILES string of the molecule is CCc1ccccc1Nc1cccc(N)c1. The molecule has 0 aliphatic heterocycles. The van der Waals surface area contributed by atoms with Crippen LogP contribution in [0.25, 0.3) is 0 Å². The average molecular weight is 212 g/mol. The zero-order valence-corrected chi connectivity index (χ0v) is 9.40. The monoisotopic (exact) mass is 212 g/mol. The predicted octanol–water partition coefficient (Wildman–Crippen LogP) is 3.57. The van der Waals surface area contributed by atoms with Crippen molar-refractivity contribution in [2.24, 2.45) is 0 Å². The van der Waals surface area contributed by atoms with Crippen LogP contribution in [0, 0.1) is 0 Å². The molecule has 0 amide bonds. The molecule has 0 aliphatic rings. The molecule has 2 heteroatoms. The van der Waals surface area contributed by atoms with Crippen LogP contribution in [0.5, 0.6) is 0 Å². The highest BCUT2D eigenvalue weighted by atomic mass is 14.9. The van der Waals surface area contributed by atoms with Crippen LogP contribution in [-0.2, 0) is 6.42 Å². The summed E-state index contributed by atoms with van der Waals surface area (Å²) in [5.41, 5.74) is 10.0. The molecule has 2 aromatic carbocycles. The first-order chi connectivity index (χ1) is 7.79. The zero-order chi connectivity index (χ0) is 11.4. The fourth-order valence-corrected chi connectivity index (χ4v) is 1.72. The van der Waals surface area contributed by atoms with Gasteiger partial charge in [0.1, 0.15) is 0 Å². The molecule has 0 aliphatic carbocycles. The molecule has 16 heavy (non-hydrogen) atoms. The lowest BCUT2D eigenvalue weighted by molar-refractivity contribution is 1.14. The van der Waals surface area contributed by atoms with Crippen molar-refractivity contribution in [2.45, 2.75) is 13.3 Å². The van der Waals surface area contributed by atoms with Gasteiger partial charge in [-0.15, -0.1) is 0 Å². The summed E-state index contributed by atoms with van der Waals surface area (Å²) in [4.78, 5) is 0. The van der Waals surface area contributed by atoms with Gasteiger partial charge in [-0.1, -0.05) is 31.2 Å². The van der Waals surface area contributed by atoms with Gasteiger partial charge < -0.3 is 11.1 Å². The molecule has 0 bridgehead atoms. The lowest BCUT2D eigenvalue weighted by Gasteiger charge is -2.11. The van der Waals surface area contributed by atoms with Crippen molar-refractivity contribution < 1.29 is 0 Å². The molecule has 2 nitrogen and oxygen atoms in total. The fourth-order valence-electron chi connectivity index (χ4n) is 1.72. The van der Waals surface area contributed by atoms with Crippen LogP contribution in [0.2, 0.25) is 0 Å². The number of hydrogen-bond acceptors (Lipinski definition) is 2. The second-order valence-corrected chi connectivity index (χ2v) is 3.76. The summed E-state index contributed by atoms with van der Waals surface area (Å²) in [6, 6.07) is 16.1. The minimum absolute atomic E-state index is 0.777. The van der Waals surface area contributed by atoms with Gasteiger partial charge in [-0.25, -0.2) is 0 Å². The van der Waals surface area contributed by atoms with Gasteiger partial charge in [-0.3, -0.25) is 0 Å². The van der Waals surface area contributed by atoms with Gasteiger partial charge in [0.15, 0.2) is 0 Å². The first-order valence-corrected chi connectivity index (χ1v) is 5.50. The first-order valence-electron chi connectivity index (χ1n) is 5.50. The standard InChI is InChI=1S/C14H16N2/c1-2-11-6-3-4-9-14(11)16-13-8-5-7-12(15)10-13/h3-10,16H,2,15H2,1H3. The molecule has 0 saturated carbocycles. The number of nitrogen functional groups attached to an aromatic ring is 1.